The summed E-state index contributed by atoms with van der Waals surface area (Å²) < 4.78 is 5.73. The molecule has 6 nitrogen and oxygen atoms in total. The first kappa shape index (κ1) is 18.9. The molecule has 4 rings (SSSR count). The van der Waals surface area contributed by atoms with Gasteiger partial charge in [0.25, 0.3) is 5.91 Å². The van der Waals surface area contributed by atoms with Crippen molar-refractivity contribution in [1.82, 2.24) is 15.2 Å². The summed E-state index contributed by atoms with van der Waals surface area (Å²) in [7, 11) is 0. The van der Waals surface area contributed by atoms with Crippen molar-refractivity contribution < 1.29 is 14.3 Å². The predicted octanol–water partition coefficient (Wildman–Crippen LogP) is 3.04. The van der Waals surface area contributed by atoms with E-state index in [9.17, 15) is 9.59 Å². The lowest BCUT2D eigenvalue weighted by atomic mass is 9.76. The summed E-state index contributed by atoms with van der Waals surface area (Å²) in [6, 6.07) is 3.37. The number of aromatic nitrogens is 1. The van der Waals surface area contributed by atoms with Crippen LogP contribution in [0.1, 0.15) is 49.9 Å². The number of rotatable bonds is 7. The van der Waals surface area contributed by atoms with E-state index in [1.165, 1.54) is 0 Å². The van der Waals surface area contributed by atoms with Crippen LogP contribution in [0.4, 0.5) is 0 Å². The molecule has 1 atom stereocenters. The summed E-state index contributed by atoms with van der Waals surface area (Å²) in [5.74, 6) is 0.133. The molecule has 28 heavy (non-hydrogen) atoms. The molecule has 1 saturated heterocycles. The number of amides is 2. The van der Waals surface area contributed by atoms with Crippen molar-refractivity contribution in [2.75, 3.05) is 13.2 Å². The Morgan fingerprint density at radius 3 is 2.79 bits per heavy atom. The summed E-state index contributed by atoms with van der Waals surface area (Å²) in [6.45, 7) is 5.38. The fraction of sp³-hybridized carbons (Fsp3) is 0.500. The molecule has 1 N–H and O–H groups in total. The van der Waals surface area contributed by atoms with E-state index in [2.05, 4.69) is 10.3 Å². The normalized spacial score (nSPS) is 23.1. The number of carbonyl (C=O) groups excluding carboxylic acids is 2. The largest absolute Gasteiger partial charge is 0.378 e. The minimum Gasteiger partial charge on any atom is -0.378 e. The second-order valence-electron chi connectivity index (χ2n) is 8.31. The number of pyridine rings is 1. The molecular weight excluding hydrogens is 354 g/mol. The number of hydrogen-bond acceptors (Lipinski definition) is 4. The summed E-state index contributed by atoms with van der Waals surface area (Å²) in [6.07, 6.45) is 11.5. The molecule has 0 bridgehead atoms. The number of likely N-dealkylation sites (tertiary alicyclic amines) is 1. The second kappa shape index (κ2) is 7.51. The van der Waals surface area contributed by atoms with Crippen LogP contribution in [0.5, 0.6) is 0 Å². The van der Waals surface area contributed by atoms with E-state index in [1.54, 1.807) is 24.5 Å². The number of nitrogens with zero attached hydrogens (tertiary/aromatic N) is 2. The van der Waals surface area contributed by atoms with Crippen LogP contribution in [0.15, 0.2) is 48.1 Å². The number of ether oxygens (including phenoxy) is 1. The van der Waals surface area contributed by atoms with Crippen molar-refractivity contribution in [3.8, 4) is 0 Å². The van der Waals surface area contributed by atoms with Crippen molar-refractivity contribution in [1.29, 1.82) is 0 Å². The summed E-state index contributed by atoms with van der Waals surface area (Å²) >= 11 is 0. The molecule has 1 aliphatic heterocycles. The Morgan fingerprint density at radius 2 is 2.07 bits per heavy atom. The highest BCUT2D eigenvalue weighted by molar-refractivity contribution is 5.95. The third-order valence-corrected chi connectivity index (χ3v) is 5.82. The SMILES string of the molecule is CC1(C)C(=O)N(CCCOC2CC2)C2=CC(NC(=O)c3ccncc3)=CCC21. The number of hydrogen-bond donors (Lipinski definition) is 1. The van der Waals surface area contributed by atoms with Crippen molar-refractivity contribution in [2.24, 2.45) is 11.3 Å². The van der Waals surface area contributed by atoms with E-state index in [0.29, 0.717) is 24.8 Å². The van der Waals surface area contributed by atoms with Gasteiger partial charge >= 0.3 is 0 Å². The monoisotopic (exact) mass is 381 g/mol. The molecule has 1 saturated carbocycles. The standard InChI is InChI=1S/C22H27N3O3/c1-22(2)18-7-4-16(24-20(26)15-8-10-23-11-9-15)14-19(18)25(21(22)27)12-3-13-28-17-5-6-17/h4,8-11,14,17-18H,3,5-7,12-13H2,1-2H3,(H,24,26). The van der Waals surface area contributed by atoms with E-state index in [-0.39, 0.29) is 17.7 Å². The first-order valence-electron chi connectivity index (χ1n) is 10.0. The van der Waals surface area contributed by atoms with E-state index in [4.69, 9.17) is 4.74 Å². The minimum absolute atomic E-state index is 0.144. The summed E-state index contributed by atoms with van der Waals surface area (Å²) in [5, 5.41) is 2.96. The number of fused-ring (bicyclic) bond motifs is 1. The van der Waals surface area contributed by atoms with Gasteiger partial charge < -0.3 is 15.0 Å². The number of nitrogens with one attached hydrogen (secondary N) is 1. The quantitative estimate of drug-likeness (QED) is 0.737. The molecule has 2 heterocycles. The van der Waals surface area contributed by atoms with Crippen LogP contribution in [0, 0.1) is 11.3 Å². The van der Waals surface area contributed by atoms with Crippen molar-refractivity contribution >= 4 is 11.8 Å². The van der Waals surface area contributed by atoms with E-state index < -0.39 is 5.41 Å². The Balaban J connectivity index is 1.46. The molecule has 2 fully saturated rings. The third kappa shape index (κ3) is 3.74. The zero-order chi connectivity index (χ0) is 19.7. The lowest BCUT2D eigenvalue weighted by Crippen LogP contribution is -2.32. The maximum atomic E-state index is 13.0. The Labute approximate surface area is 165 Å². The third-order valence-electron chi connectivity index (χ3n) is 5.82. The molecule has 3 aliphatic rings. The van der Waals surface area contributed by atoms with E-state index in [0.717, 1.165) is 37.1 Å². The average Bonchev–Trinajstić information content (AvgIpc) is 3.49. The average molecular weight is 381 g/mol. The van der Waals surface area contributed by atoms with Gasteiger partial charge in [0.05, 0.1) is 11.5 Å². The topological polar surface area (TPSA) is 71.5 Å². The predicted molar refractivity (Wildman–Crippen MR) is 105 cm³/mol. The minimum atomic E-state index is -0.430. The van der Waals surface area contributed by atoms with Crippen molar-refractivity contribution in [2.45, 2.75) is 45.6 Å². The molecular formula is C22H27N3O3. The van der Waals surface area contributed by atoms with Crippen LogP contribution in [0.3, 0.4) is 0 Å². The van der Waals surface area contributed by atoms with Gasteiger partial charge in [-0.25, -0.2) is 0 Å². The lowest BCUT2D eigenvalue weighted by molar-refractivity contribution is -0.134. The molecule has 0 spiro atoms. The maximum Gasteiger partial charge on any atom is 0.255 e. The summed E-state index contributed by atoms with van der Waals surface area (Å²) in [5.41, 5.74) is 1.89. The van der Waals surface area contributed by atoms with Gasteiger partial charge in [0.2, 0.25) is 5.91 Å². The van der Waals surface area contributed by atoms with Gasteiger partial charge in [-0.2, -0.15) is 0 Å². The Morgan fingerprint density at radius 1 is 1.32 bits per heavy atom. The molecule has 2 amide bonds. The van der Waals surface area contributed by atoms with Gasteiger partial charge in [0, 0.05) is 48.4 Å². The van der Waals surface area contributed by atoms with E-state index in [1.807, 2.05) is 30.9 Å². The van der Waals surface area contributed by atoms with Crippen LogP contribution in [-0.4, -0.2) is 41.0 Å². The van der Waals surface area contributed by atoms with Crippen LogP contribution in [-0.2, 0) is 9.53 Å². The molecule has 1 aromatic heterocycles. The fourth-order valence-electron chi connectivity index (χ4n) is 3.96. The van der Waals surface area contributed by atoms with Crippen LogP contribution < -0.4 is 5.32 Å². The summed E-state index contributed by atoms with van der Waals surface area (Å²) in [4.78, 5) is 31.3. The Hall–Kier alpha value is -2.47. The Bertz CT molecular complexity index is 825. The first-order chi connectivity index (χ1) is 13.5. The molecule has 6 heteroatoms. The smallest absolute Gasteiger partial charge is 0.255 e. The molecule has 0 radical (unpaired) electrons. The highest BCUT2D eigenvalue weighted by Gasteiger charge is 2.50. The number of carbonyl (C=O) groups is 2. The zero-order valence-electron chi connectivity index (χ0n) is 16.5. The number of allylic oxidation sites excluding steroid dienone is 3. The van der Waals surface area contributed by atoms with Gasteiger partial charge in [0.1, 0.15) is 0 Å². The highest BCUT2D eigenvalue weighted by atomic mass is 16.5. The van der Waals surface area contributed by atoms with Gasteiger partial charge in [-0.3, -0.25) is 14.6 Å². The van der Waals surface area contributed by atoms with Gasteiger partial charge in [-0.05, 0) is 43.9 Å². The Kier molecular flexibility index (Phi) is 5.06. The van der Waals surface area contributed by atoms with Gasteiger partial charge in [-0.1, -0.05) is 19.9 Å². The molecule has 1 unspecified atom stereocenters. The fourth-order valence-corrected chi connectivity index (χ4v) is 3.96. The molecule has 1 aromatic rings. The van der Waals surface area contributed by atoms with Gasteiger partial charge in [-0.15, -0.1) is 0 Å². The van der Waals surface area contributed by atoms with Crippen molar-refractivity contribution in [3.63, 3.8) is 0 Å². The zero-order valence-corrected chi connectivity index (χ0v) is 16.5. The second-order valence-corrected chi connectivity index (χ2v) is 8.31. The lowest BCUT2D eigenvalue weighted by Gasteiger charge is -2.26. The van der Waals surface area contributed by atoms with Crippen molar-refractivity contribution in [3.05, 3.63) is 53.6 Å². The maximum absolute atomic E-state index is 13.0. The van der Waals surface area contributed by atoms with Crippen LogP contribution >= 0.6 is 0 Å². The molecule has 148 valence electrons. The highest BCUT2D eigenvalue weighted by Crippen LogP contribution is 2.47. The van der Waals surface area contributed by atoms with Crippen LogP contribution in [0.25, 0.3) is 0 Å². The van der Waals surface area contributed by atoms with Crippen LogP contribution in [0.2, 0.25) is 0 Å². The first-order valence-corrected chi connectivity index (χ1v) is 10.0. The molecule has 0 aromatic carbocycles. The molecule has 2 aliphatic carbocycles. The van der Waals surface area contributed by atoms with E-state index >= 15 is 0 Å². The van der Waals surface area contributed by atoms with Gasteiger partial charge in [0.15, 0.2) is 0 Å².